The van der Waals surface area contributed by atoms with Crippen molar-refractivity contribution in [2.75, 3.05) is 6.79 Å². The van der Waals surface area contributed by atoms with Crippen molar-refractivity contribution in [2.24, 2.45) is 0 Å². The maximum absolute atomic E-state index is 10.9. The van der Waals surface area contributed by atoms with Crippen LogP contribution in [0.2, 0.25) is 5.02 Å². The van der Waals surface area contributed by atoms with Gasteiger partial charge in [0.2, 0.25) is 6.79 Å². The van der Waals surface area contributed by atoms with Crippen molar-refractivity contribution in [2.45, 2.75) is 26.2 Å². The summed E-state index contributed by atoms with van der Waals surface area (Å²) in [5.74, 6) is 1.80. The van der Waals surface area contributed by atoms with Crippen LogP contribution in [0.5, 0.6) is 23.0 Å². The van der Waals surface area contributed by atoms with E-state index in [1.165, 1.54) is 0 Å². The van der Waals surface area contributed by atoms with Gasteiger partial charge in [-0.25, -0.2) is 0 Å². The van der Waals surface area contributed by atoms with Crippen molar-refractivity contribution in [3.8, 4) is 34.3 Å². The number of carbonyl (C=O) groups is 1. The number of carboxylic acid groups (broad SMARTS) is 1. The predicted molar refractivity (Wildman–Crippen MR) is 142 cm³/mol. The summed E-state index contributed by atoms with van der Waals surface area (Å²) in [7, 11) is 0. The molecule has 1 aromatic heterocycles. The summed E-state index contributed by atoms with van der Waals surface area (Å²) in [6.45, 7) is 2.33. The fraction of sp³-hybridized carbons (Fsp3) is 0.192. The molecular weight excluding hydrogens is 602 g/mol. The SMILES string of the molecule is CCc1c(-c2ccc3c(c2)OCO3)[nH]c2c(Cl)cc(Oc3c(Br)cc(CCC(=O)O)cc3Br)cc12. The van der Waals surface area contributed by atoms with Crippen LogP contribution in [0, 0.1) is 0 Å². The third-order valence-corrected chi connectivity index (χ3v) is 7.34. The highest BCUT2D eigenvalue weighted by Crippen LogP contribution is 2.43. The minimum Gasteiger partial charge on any atom is -0.481 e. The first-order chi connectivity index (χ1) is 16.8. The Morgan fingerprint density at radius 1 is 1.11 bits per heavy atom. The second kappa shape index (κ2) is 9.76. The number of fused-ring (bicyclic) bond motifs is 2. The van der Waals surface area contributed by atoms with E-state index in [0.717, 1.165) is 51.2 Å². The highest BCUT2D eigenvalue weighted by molar-refractivity contribution is 9.11. The van der Waals surface area contributed by atoms with E-state index >= 15 is 0 Å². The Morgan fingerprint density at radius 2 is 1.86 bits per heavy atom. The minimum atomic E-state index is -0.834. The van der Waals surface area contributed by atoms with Crippen LogP contribution >= 0.6 is 43.5 Å². The second-order valence-corrected chi connectivity index (χ2v) is 10.2. The van der Waals surface area contributed by atoms with Gasteiger partial charge in [0.1, 0.15) is 5.75 Å². The molecule has 0 spiro atoms. The molecule has 5 rings (SSSR count). The Kier molecular flexibility index (Phi) is 6.70. The average molecular weight is 622 g/mol. The Morgan fingerprint density at radius 3 is 2.57 bits per heavy atom. The van der Waals surface area contributed by atoms with E-state index in [1.807, 2.05) is 36.4 Å². The molecule has 4 aromatic rings. The number of rotatable bonds is 7. The monoisotopic (exact) mass is 619 g/mol. The van der Waals surface area contributed by atoms with Crippen molar-refractivity contribution in [1.29, 1.82) is 0 Å². The van der Waals surface area contributed by atoms with Gasteiger partial charge in [-0.1, -0.05) is 18.5 Å². The van der Waals surface area contributed by atoms with Crippen molar-refractivity contribution < 1.29 is 24.1 Å². The maximum Gasteiger partial charge on any atom is 0.303 e. The molecule has 0 saturated carbocycles. The molecule has 2 heterocycles. The van der Waals surface area contributed by atoms with Gasteiger partial charge in [0.25, 0.3) is 0 Å². The molecule has 0 saturated heterocycles. The molecule has 1 aliphatic heterocycles. The zero-order valence-electron chi connectivity index (χ0n) is 18.6. The largest absolute Gasteiger partial charge is 0.481 e. The van der Waals surface area contributed by atoms with Crippen LogP contribution in [0.3, 0.4) is 0 Å². The van der Waals surface area contributed by atoms with Crippen molar-refractivity contribution in [3.05, 3.63) is 67.6 Å². The molecule has 3 aromatic carbocycles. The topological polar surface area (TPSA) is 80.8 Å². The number of nitrogens with one attached hydrogen (secondary N) is 1. The molecule has 0 fully saturated rings. The third kappa shape index (κ3) is 4.75. The van der Waals surface area contributed by atoms with Crippen molar-refractivity contribution in [3.63, 3.8) is 0 Å². The van der Waals surface area contributed by atoms with Crippen LogP contribution in [0.1, 0.15) is 24.5 Å². The smallest absolute Gasteiger partial charge is 0.303 e. The molecule has 0 atom stereocenters. The van der Waals surface area contributed by atoms with E-state index in [-0.39, 0.29) is 13.2 Å². The van der Waals surface area contributed by atoms with Crippen LogP contribution < -0.4 is 14.2 Å². The van der Waals surface area contributed by atoms with E-state index in [9.17, 15) is 4.79 Å². The molecule has 0 aliphatic carbocycles. The van der Waals surface area contributed by atoms with E-state index in [4.69, 9.17) is 30.9 Å². The molecular formula is C26H20Br2ClNO5. The number of aliphatic carboxylic acids is 1. The predicted octanol–water partition coefficient (Wildman–Crippen LogP) is 8.11. The summed E-state index contributed by atoms with van der Waals surface area (Å²) >= 11 is 13.8. The van der Waals surface area contributed by atoms with Gasteiger partial charge >= 0.3 is 5.97 Å². The van der Waals surface area contributed by atoms with Gasteiger partial charge in [-0.05, 0) is 92.2 Å². The molecule has 0 unspecified atom stereocenters. The summed E-state index contributed by atoms with van der Waals surface area (Å²) < 4.78 is 18.7. The number of hydrogen-bond acceptors (Lipinski definition) is 4. The van der Waals surface area contributed by atoms with Gasteiger partial charge < -0.3 is 24.3 Å². The number of carboxylic acids is 1. The summed E-state index contributed by atoms with van der Waals surface area (Å²) in [6, 6.07) is 13.4. The number of halogens is 3. The van der Waals surface area contributed by atoms with Crippen LogP contribution in [0.4, 0.5) is 0 Å². The van der Waals surface area contributed by atoms with Gasteiger partial charge in [-0.2, -0.15) is 0 Å². The Labute approximate surface area is 223 Å². The van der Waals surface area contributed by atoms with Gasteiger partial charge in [-0.15, -0.1) is 0 Å². The number of aromatic amines is 1. The van der Waals surface area contributed by atoms with Gasteiger partial charge in [0.05, 0.1) is 19.5 Å². The van der Waals surface area contributed by atoms with E-state index < -0.39 is 5.97 Å². The zero-order chi connectivity index (χ0) is 24.7. The molecule has 0 radical (unpaired) electrons. The third-order valence-electron chi connectivity index (χ3n) is 5.86. The number of H-pyrrole nitrogens is 1. The van der Waals surface area contributed by atoms with Crippen LogP contribution in [-0.4, -0.2) is 22.9 Å². The highest BCUT2D eigenvalue weighted by atomic mass is 79.9. The van der Waals surface area contributed by atoms with Gasteiger partial charge in [-0.3, -0.25) is 4.79 Å². The number of aromatic nitrogens is 1. The minimum absolute atomic E-state index is 0.0599. The first kappa shape index (κ1) is 24.0. The lowest BCUT2D eigenvalue weighted by atomic mass is 10.0. The van der Waals surface area contributed by atoms with Gasteiger partial charge in [0.15, 0.2) is 17.2 Å². The van der Waals surface area contributed by atoms with Crippen LogP contribution in [-0.2, 0) is 17.6 Å². The molecule has 2 N–H and O–H groups in total. The molecule has 180 valence electrons. The summed E-state index contributed by atoms with van der Waals surface area (Å²) in [5, 5.41) is 10.5. The van der Waals surface area contributed by atoms with E-state index in [2.05, 4.69) is 43.8 Å². The molecule has 35 heavy (non-hydrogen) atoms. The fourth-order valence-electron chi connectivity index (χ4n) is 4.23. The van der Waals surface area contributed by atoms with Crippen LogP contribution in [0.15, 0.2) is 51.4 Å². The standard InChI is InChI=1S/C26H20Br2ClNO5/c1-2-16-17-10-15(35-26-18(27)7-13(8-19(26)28)3-6-23(31)32)11-20(29)25(17)30-24(16)14-4-5-21-22(9-14)34-12-33-21/h4-5,7-11,30H,2-3,6,12H2,1H3,(H,31,32). The first-order valence-electron chi connectivity index (χ1n) is 11.0. The quantitative estimate of drug-likeness (QED) is 0.218. The molecule has 6 nitrogen and oxygen atoms in total. The van der Waals surface area contributed by atoms with E-state index in [1.54, 1.807) is 6.07 Å². The van der Waals surface area contributed by atoms with Gasteiger partial charge in [0, 0.05) is 29.1 Å². The Hall–Kier alpha value is -2.68. The fourth-order valence-corrected chi connectivity index (χ4v) is 5.93. The lowest BCUT2D eigenvalue weighted by molar-refractivity contribution is -0.136. The Balaban J connectivity index is 1.52. The first-order valence-corrected chi connectivity index (χ1v) is 12.9. The molecule has 9 heteroatoms. The normalized spacial score (nSPS) is 12.3. The Bertz CT molecular complexity index is 1440. The number of aryl methyl sites for hydroxylation is 2. The lowest BCUT2D eigenvalue weighted by Crippen LogP contribution is -1.98. The second-order valence-electron chi connectivity index (χ2n) is 8.11. The number of benzene rings is 3. The summed E-state index contributed by atoms with van der Waals surface area (Å²) in [5.41, 5.74) is 4.81. The van der Waals surface area contributed by atoms with E-state index in [0.29, 0.717) is 31.9 Å². The maximum atomic E-state index is 10.9. The van der Waals surface area contributed by atoms with Crippen molar-refractivity contribution >= 4 is 60.3 Å². The lowest BCUT2D eigenvalue weighted by Gasteiger charge is -2.13. The average Bonchev–Trinajstić information content (AvgIpc) is 3.44. The molecule has 1 aliphatic rings. The zero-order valence-corrected chi connectivity index (χ0v) is 22.5. The number of hydrogen-bond donors (Lipinski definition) is 2. The molecule has 0 amide bonds. The highest BCUT2D eigenvalue weighted by Gasteiger charge is 2.20. The summed E-state index contributed by atoms with van der Waals surface area (Å²) in [4.78, 5) is 14.4. The van der Waals surface area contributed by atoms with Crippen molar-refractivity contribution in [1.82, 2.24) is 4.98 Å². The summed E-state index contributed by atoms with van der Waals surface area (Å²) in [6.07, 6.45) is 1.27. The van der Waals surface area contributed by atoms with Crippen LogP contribution in [0.25, 0.3) is 22.2 Å². The number of ether oxygens (including phenoxy) is 3. The molecule has 0 bridgehead atoms.